The number of tetrazole rings is 1. The monoisotopic (exact) mass is 823 g/mol. The van der Waals surface area contributed by atoms with E-state index >= 15 is 8.42 Å². The summed E-state index contributed by atoms with van der Waals surface area (Å²) in [5.74, 6) is 2.00. The van der Waals surface area contributed by atoms with Gasteiger partial charge in [-0.25, -0.2) is 21.8 Å². The second-order valence-electron chi connectivity index (χ2n) is 13.3. The molecule has 1 atom stereocenters. The molecule has 1 unspecified atom stereocenters. The van der Waals surface area contributed by atoms with E-state index in [1.807, 2.05) is 12.1 Å². The largest absolute Gasteiger partial charge is 0.497 e. The lowest BCUT2D eigenvalue weighted by Crippen LogP contribution is -2.32. The summed E-state index contributed by atoms with van der Waals surface area (Å²) in [6.45, 7) is -0.415. The molecule has 300 valence electrons. The Balaban J connectivity index is 1.48. The number of hydrogen-bond acceptors (Lipinski definition) is 13. The van der Waals surface area contributed by atoms with Crippen molar-refractivity contribution in [1.82, 2.24) is 34.5 Å². The number of rotatable bonds is 16. The molecule has 18 heteroatoms. The van der Waals surface area contributed by atoms with E-state index in [2.05, 4.69) is 20.3 Å². The van der Waals surface area contributed by atoms with Crippen LogP contribution in [-0.2, 0) is 40.4 Å². The number of nitrogen functional groups attached to an aromatic ring is 1. The molecule has 0 fully saturated rings. The van der Waals surface area contributed by atoms with Crippen LogP contribution in [0.3, 0.4) is 0 Å². The molecule has 7 aromatic rings. The second kappa shape index (κ2) is 17.0. The molecule has 7 rings (SSSR count). The van der Waals surface area contributed by atoms with Gasteiger partial charge in [-0.15, -0.1) is 10.2 Å². The molecule has 0 radical (unpaired) electrons. The Morgan fingerprint density at radius 1 is 0.793 bits per heavy atom. The molecule has 16 nitrogen and oxygen atoms in total. The van der Waals surface area contributed by atoms with Crippen molar-refractivity contribution in [2.75, 3.05) is 33.6 Å². The number of hydrogen-bond donors (Lipinski definition) is 4. The maximum absolute atomic E-state index is 15.7. The van der Waals surface area contributed by atoms with Crippen molar-refractivity contribution in [2.24, 2.45) is 5.73 Å². The Morgan fingerprint density at radius 2 is 1.36 bits per heavy atom. The molecule has 0 saturated heterocycles. The number of H-pyrrole nitrogens is 1. The zero-order valence-electron chi connectivity index (χ0n) is 31.8. The fourth-order valence-corrected chi connectivity index (χ4v) is 9.22. The van der Waals surface area contributed by atoms with Crippen molar-refractivity contribution in [1.29, 1.82) is 0 Å². The van der Waals surface area contributed by atoms with Gasteiger partial charge >= 0.3 is 0 Å². The number of anilines is 1. The van der Waals surface area contributed by atoms with Gasteiger partial charge in [0.15, 0.2) is 5.95 Å². The van der Waals surface area contributed by atoms with Gasteiger partial charge in [-0.1, -0.05) is 54.6 Å². The Hall–Kier alpha value is -6.34. The molecular weight excluding hydrogens is 783 g/mol. The summed E-state index contributed by atoms with van der Waals surface area (Å²) < 4.78 is 74.6. The van der Waals surface area contributed by atoms with E-state index in [-0.39, 0.29) is 47.4 Å². The lowest BCUT2D eigenvalue weighted by Gasteiger charge is -2.27. The lowest BCUT2D eigenvalue weighted by molar-refractivity contribution is 0.397. The number of benzene rings is 5. The van der Waals surface area contributed by atoms with Gasteiger partial charge in [0, 0.05) is 19.6 Å². The first kappa shape index (κ1) is 39.9. The molecule has 2 aromatic heterocycles. The van der Waals surface area contributed by atoms with Gasteiger partial charge in [0.1, 0.15) is 28.0 Å². The fourth-order valence-electron chi connectivity index (χ4n) is 6.65. The summed E-state index contributed by atoms with van der Waals surface area (Å²) in [6, 6.07) is 29.7. The number of fused-ring (bicyclic) bond motifs is 1. The number of thiol groups is 1. The average molecular weight is 824 g/mol. The fraction of sp³-hybridized carbons (Fsp3) is 0.200. The highest BCUT2D eigenvalue weighted by Gasteiger charge is 2.36. The van der Waals surface area contributed by atoms with Crippen molar-refractivity contribution < 1.29 is 31.0 Å². The Bertz CT molecular complexity index is 2680. The summed E-state index contributed by atoms with van der Waals surface area (Å²) in [6.07, 6.45) is 0. The van der Waals surface area contributed by atoms with E-state index in [0.29, 0.717) is 50.5 Å². The SMILES string of the molecule is COc1ccc(CN(Cc2ccc(OC)cc2)S(=O)(=O)c2c(C(CN)[SH](=O)=O)ccc(-c3ccc4[nH]c(N)nc4c3)c2-c2nnn(Cc3ccc(OC)cc3)n2)cc1. The standard InChI is InChI=1S/C40H41N9O7S2/c1-54-29-11-4-25(5-12-29)22-48(23-26-6-13-30(55-2)14-7-26)58(52,53)38-33(36(21-41)57(50)51)18-17-32(28-10-19-34-35(20-28)44-40(42)43-34)37(38)39-45-47-49(46-39)24-27-8-15-31(56-3)16-9-27/h4-20,36,57H,21-24,41H2,1-3H3,(H3,42,43,44). The molecule has 58 heavy (non-hydrogen) atoms. The second-order valence-corrected chi connectivity index (χ2v) is 16.3. The van der Waals surface area contributed by atoms with Crippen LogP contribution in [0.1, 0.15) is 27.5 Å². The highest BCUT2D eigenvalue weighted by molar-refractivity contribution is 7.89. The summed E-state index contributed by atoms with van der Waals surface area (Å²) in [5.41, 5.74) is 16.3. The molecule has 0 aliphatic heterocycles. The molecular formula is C40H41N9O7S2. The van der Waals surface area contributed by atoms with Crippen LogP contribution >= 0.6 is 0 Å². The van der Waals surface area contributed by atoms with Gasteiger partial charge in [0.2, 0.25) is 15.8 Å². The number of sulfonamides is 1. The zero-order valence-corrected chi connectivity index (χ0v) is 33.5. The highest BCUT2D eigenvalue weighted by Crippen LogP contribution is 2.42. The van der Waals surface area contributed by atoms with Gasteiger partial charge in [-0.3, -0.25) is 0 Å². The molecule has 0 amide bonds. The molecule has 0 saturated carbocycles. The Morgan fingerprint density at radius 3 is 1.90 bits per heavy atom. The van der Waals surface area contributed by atoms with Crippen molar-refractivity contribution in [2.45, 2.75) is 29.8 Å². The Labute approximate surface area is 336 Å². The van der Waals surface area contributed by atoms with E-state index in [0.717, 1.165) is 5.56 Å². The van der Waals surface area contributed by atoms with Crippen LogP contribution in [-0.4, -0.2) is 79.2 Å². The molecule has 0 spiro atoms. The number of nitrogens with one attached hydrogen (secondary N) is 1. The maximum Gasteiger partial charge on any atom is 0.244 e. The Kier molecular flexibility index (Phi) is 11.7. The molecule has 5 aromatic carbocycles. The minimum atomic E-state index is -4.68. The predicted octanol–water partition coefficient (Wildman–Crippen LogP) is 4.54. The smallest absolute Gasteiger partial charge is 0.244 e. The number of ether oxygens (including phenoxy) is 3. The molecule has 2 heterocycles. The number of aromatic amines is 1. The normalized spacial score (nSPS) is 12.3. The number of methoxy groups -OCH3 is 3. The van der Waals surface area contributed by atoms with Crippen LogP contribution in [0, 0.1) is 0 Å². The van der Waals surface area contributed by atoms with Crippen LogP contribution in [0.2, 0.25) is 0 Å². The van der Waals surface area contributed by atoms with E-state index < -0.39 is 32.5 Å². The quantitative estimate of drug-likeness (QED) is 0.0984. The average Bonchev–Trinajstić information content (AvgIpc) is 3.86. The zero-order chi connectivity index (χ0) is 41.0. The summed E-state index contributed by atoms with van der Waals surface area (Å²) in [4.78, 5) is 8.39. The first-order valence-corrected chi connectivity index (χ1v) is 20.6. The minimum absolute atomic E-state index is 0.0334. The van der Waals surface area contributed by atoms with Crippen LogP contribution in [0.25, 0.3) is 33.5 Å². The maximum atomic E-state index is 15.7. The molecule has 0 bridgehead atoms. The number of aromatic nitrogens is 6. The van der Waals surface area contributed by atoms with Crippen LogP contribution < -0.4 is 25.7 Å². The van der Waals surface area contributed by atoms with E-state index in [1.165, 1.54) is 15.2 Å². The van der Waals surface area contributed by atoms with E-state index in [1.54, 1.807) is 106 Å². The van der Waals surface area contributed by atoms with Gasteiger partial charge < -0.3 is 30.7 Å². The molecule has 0 aliphatic rings. The number of imidazole rings is 1. The summed E-state index contributed by atoms with van der Waals surface area (Å²) in [7, 11) is -3.29. The first-order chi connectivity index (χ1) is 28.0. The van der Waals surface area contributed by atoms with E-state index in [9.17, 15) is 8.42 Å². The third kappa shape index (κ3) is 8.35. The van der Waals surface area contributed by atoms with Gasteiger partial charge in [0.05, 0.1) is 54.6 Å². The molecule has 0 aliphatic carbocycles. The van der Waals surface area contributed by atoms with Crippen molar-refractivity contribution >= 4 is 37.7 Å². The first-order valence-electron chi connectivity index (χ1n) is 17.9. The van der Waals surface area contributed by atoms with Gasteiger partial charge in [0.25, 0.3) is 0 Å². The van der Waals surface area contributed by atoms with Gasteiger partial charge in [-0.2, -0.15) is 9.10 Å². The molecule has 5 N–H and O–H groups in total. The predicted molar refractivity (Wildman–Crippen MR) is 219 cm³/mol. The third-order valence-electron chi connectivity index (χ3n) is 9.63. The topological polar surface area (TPSA) is 224 Å². The van der Waals surface area contributed by atoms with Crippen LogP contribution in [0.15, 0.2) is 108 Å². The van der Waals surface area contributed by atoms with Crippen molar-refractivity contribution in [3.05, 3.63) is 125 Å². The summed E-state index contributed by atoms with van der Waals surface area (Å²) in [5, 5.41) is 12.0. The number of nitrogens with zero attached hydrogens (tertiary/aromatic N) is 6. The number of nitrogens with two attached hydrogens (primary N) is 2. The van der Waals surface area contributed by atoms with Crippen molar-refractivity contribution in [3.8, 4) is 39.8 Å². The highest BCUT2D eigenvalue weighted by atomic mass is 32.2. The van der Waals surface area contributed by atoms with Crippen LogP contribution in [0.5, 0.6) is 17.2 Å². The van der Waals surface area contributed by atoms with Gasteiger partial charge in [-0.05, 0) is 87.1 Å². The lowest BCUT2D eigenvalue weighted by atomic mass is 9.95. The summed E-state index contributed by atoms with van der Waals surface area (Å²) >= 11 is 0. The third-order valence-corrected chi connectivity index (χ3v) is 12.5. The minimum Gasteiger partial charge on any atom is -0.497 e. The van der Waals surface area contributed by atoms with E-state index in [4.69, 9.17) is 30.8 Å². The van der Waals surface area contributed by atoms with Crippen molar-refractivity contribution in [3.63, 3.8) is 0 Å². The van der Waals surface area contributed by atoms with Crippen LogP contribution in [0.4, 0.5) is 5.95 Å².